The van der Waals surface area contributed by atoms with Crippen LogP contribution in [0.1, 0.15) is 23.1 Å². The summed E-state index contributed by atoms with van der Waals surface area (Å²) in [5.74, 6) is -1.90. The molecule has 0 aromatic heterocycles. The van der Waals surface area contributed by atoms with Crippen molar-refractivity contribution in [3.05, 3.63) is 71.3 Å². The van der Waals surface area contributed by atoms with Gasteiger partial charge in [-0.25, -0.2) is 13.9 Å². The molecule has 153 valence electrons. The molecule has 0 heterocycles. The second kappa shape index (κ2) is 11.2. The van der Waals surface area contributed by atoms with Crippen LogP contribution in [0.2, 0.25) is 0 Å². The predicted molar refractivity (Wildman–Crippen MR) is 100 cm³/mol. The predicted octanol–water partition coefficient (Wildman–Crippen LogP) is 3.13. The first-order chi connectivity index (χ1) is 13.6. The minimum absolute atomic E-state index is 0.132. The Morgan fingerprint density at radius 1 is 0.964 bits per heavy atom. The Kier molecular flexibility index (Phi) is 8.95. The highest BCUT2D eigenvalue weighted by atomic mass is 19.1. The van der Waals surface area contributed by atoms with Gasteiger partial charge in [-0.1, -0.05) is 36.4 Å². The number of rotatable bonds is 11. The standard InChI is InChI=1S/C21H26F2NO4/c1-27-20(28-2)13-24(11-12-25)21(16-8-4-6-10-19(16)23)17(14-26)15-7-3-5-9-18(15)22/h3-10,17,20-21,25H,11-14H2,1-2H3. The fourth-order valence-electron chi connectivity index (χ4n) is 3.42. The molecule has 0 saturated carbocycles. The van der Waals surface area contributed by atoms with Crippen LogP contribution in [0.15, 0.2) is 48.5 Å². The van der Waals surface area contributed by atoms with Crippen LogP contribution in [0.25, 0.3) is 0 Å². The molecule has 2 atom stereocenters. The molecule has 0 aliphatic carbocycles. The van der Waals surface area contributed by atoms with Gasteiger partial charge in [0.25, 0.3) is 0 Å². The van der Waals surface area contributed by atoms with E-state index in [9.17, 15) is 19.0 Å². The van der Waals surface area contributed by atoms with Gasteiger partial charge in [0.15, 0.2) is 6.29 Å². The summed E-state index contributed by atoms with van der Waals surface area (Å²) in [4.78, 5) is 1.70. The van der Waals surface area contributed by atoms with Gasteiger partial charge in [-0.15, -0.1) is 0 Å². The SMILES string of the molecule is COC(CN(CCO)C(c1ccccc1F)C(C[O])c1ccccc1F)OC. The highest BCUT2D eigenvalue weighted by Crippen LogP contribution is 2.38. The second-order valence-electron chi connectivity index (χ2n) is 6.38. The van der Waals surface area contributed by atoms with Crippen molar-refractivity contribution < 1.29 is 28.5 Å². The number of hydrogen-bond donors (Lipinski definition) is 1. The summed E-state index contributed by atoms with van der Waals surface area (Å²) < 4.78 is 39.7. The molecule has 1 N–H and O–H groups in total. The van der Waals surface area contributed by atoms with Gasteiger partial charge in [-0.2, -0.15) is 0 Å². The molecule has 2 unspecified atom stereocenters. The van der Waals surface area contributed by atoms with Gasteiger partial charge in [-0.3, -0.25) is 4.90 Å². The number of aliphatic hydroxyl groups is 1. The number of methoxy groups -OCH3 is 2. The van der Waals surface area contributed by atoms with Crippen LogP contribution in [0.4, 0.5) is 8.78 Å². The largest absolute Gasteiger partial charge is 0.395 e. The van der Waals surface area contributed by atoms with Gasteiger partial charge in [0.05, 0.1) is 19.8 Å². The lowest BCUT2D eigenvalue weighted by atomic mass is 9.85. The van der Waals surface area contributed by atoms with E-state index in [1.807, 2.05) is 0 Å². The Labute approximate surface area is 164 Å². The third-order valence-electron chi connectivity index (χ3n) is 4.78. The first kappa shape index (κ1) is 22.4. The van der Waals surface area contributed by atoms with Crippen molar-refractivity contribution in [1.29, 1.82) is 0 Å². The lowest BCUT2D eigenvalue weighted by Gasteiger charge is -2.38. The number of halogens is 2. The lowest BCUT2D eigenvalue weighted by Crippen LogP contribution is -2.42. The molecule has 0 fully saturated rings. The Morgan fingerprint density at radius 3 is 1.96 bits per heavy atom. The summed E-state index contributed by atoms with van der Waals surface area (Å²) in [6.45, 7) is -0.592. The molecule has 2 rings (SSSR count). The molecule has 2 aromatic carbocycles. The van der Waals surface area contributed by atoms with Gasteiger partial charge in [-0.05, 0) is 17.7 Å². The fourth-order valence-corrected chi connectivity index (χ4v) is 3.42. The Morgan fingerprint density at radius 2 is 1.50 bits per heavy atom. The van der Waals surface area contributed by atoms with Crippen LogP contribution in [0.5, 0.6) is 0 Å². The lowest BCUT2D eigenvalue weighted by molar-refractivity contribution is -0.124. The van der Waals surface area contributed by atoms with Crippen molar-refractivity contribution in [2.24, 2.45) is 0 Å². The highest BCUT2D eigenvalue weighted by molar-refractivity contribution is 5.30. The van der Waals surface area contributed by atoms with Crippen LogP contribution >= 0.6 is 0 Å². The summed E-state index contributed by atoms with van der Waals surface area (Å²) in [7, 11) is 2.93. The summed E-state index contributed by atoms with van der Waals surface area (Å²) in [6, 6.07) is 11.3. The van der Waals surface area contributed by atoms with E-state index in [1.54, 1.807) is 29.2 Å². The third-order valence-corrected chi connectivity index (χ3v) is 4.78. The molecule has 0 aliphatic heterocycles. The van der Waals surface area contributed by atoms with Crippen molar-refractivity contribution in [2.45, 2.75) is 18.2 Å². The molecular weight excluding hydrogens is 368 g/mol. The van der Waals surface area contributed by atoms with E-state index in [-0.39, 0.29) is 30.8 Å². The van der Waals surface area contributed by atoms with Crippen molar-refractivity contribution in [3.8, 4) is 0 Å². The number of nitrogens with zero attached hydrogens (tertiary/aromatic N) is 1. The van der Waals surface area contributed by atoms with Crippen LogP contribution < -0.4 is 0 Å². The molecule has 1 radical (unpaired) electrons. The van der Waals surface area contributed by atoms with E-state index in [1.165, 1.54) is 38.5 Å². The second-order valence-corrected chi connectivity index (χ2v) is 6.38. The number of benzene rings is 2. The first-order valence-corrected chi connectivity index (χ1v) is 9.04. The highest BCUT2D eigenvalue weighted by Gasteiger charge is 2.34. The molecule has 0 bridgehead atoms. The van der Waals surface area contributed by atoms with Crippen molar-refractivity contribution in [1.82, 2.24) is 4.90 Å². The average molecular weight is 394 g/mol. The van der Waals surface area contributed by atoms with Gasteiger partial charge in [0.1, 0.15) is 11.6 Å². The zero-order valence-electron chi connectivity index (χ0n) is 16.1. The van der Waals surface area contributed by atoms with Crippen molar-refractivity contribution in [3.63, 3.8) is 0 Å². The Balaban J connectivity index is 2.57. The molecule has 7 heteroatoms. The van der Waals surface area contributed by atoms with Crippen molar-refractivity contribution in [2.75, 3.05) is 40.5 Å². The topological polar surface area (TPSA) is 61.8 Å². The van der Waals surface area contributed by atoms with Crippen LogP contribution in [-0.2, 0) is 14.6 Å². The maximum Gasteiger partial charge on any atom is 0.169 e. The Hall–Kier alpha value is -1.90. The summed E-state index contributed by atoms with van der Waals surface area (Å²) >= 11 is 0. The summed E-state index contributed by atoms with van der Waals surface area (Å²) in [5.41, 5.74) is 0.464. The zero-order valence-corrected chi connectivity index (χ0v) is 16.1. The van der Waals surface area contributed by atoms with Gasteiger partial charge in [0.2, 0.25) is 0 Å². The van der Waals surface area contributed by atoms with E-state index in [2.05, 4.69) is 0 Å². The van der Waals surface area contributed by atoms with Crippen LogP contribution in [0, 0.1) is 11.6 Å². The van der Waals surface area contributed by atoms with E-state index >= 15 is 0 Å². The first-order valence-electron chi connectivity index (χ1n) is 9.04. The maximum atomic E-state index is 14.7. The zero-order chi connectivity index (χ0) is 20.5. The van der Waals surface area contributed by atoms with Gasteiger partial charge < -0.3 is 14.6 Å². The normalized spacial score (nSPS) is 13.9. The minimum Gasteiger partial charge on any atom is -0.395 e. The minimum atomic E-state index is -0.876. The molecule has 0 spiro atoms. The quantitative estimate of drug-likeness (QED) is 0.595. The third kappa shape index (κ3) is 5.33. The molecule has 5 nitrogen and oxygen atoms in total. The van der Waals surface area contributed by atoms with E-state index < -0.39 is 36.5 Å². The van der Waals surface area contributed by atoms with Gasteiger partial charge >= 0.3 is 0 Å². The van der Waals surface area contributed by atoms with E-state index in [0.717, 1.165) is 0 Å². The van der Waals surface area contributed by atoms with E-state index in [4.69, 9.17) is 9.47 Å². The maximum absolute atomic E-state index is 14.7. The fraction of sp³-hybridized carbons (Fsp3) is 0.429. The molecule has 0 aliphatic rings. The van der Waals surface area contributed by atoms with E-state index in [0.29, 0.717) is 0 Å². The van der Waals surface area contributed by atoms with Crippen molar-refractivity contribution >= 4 is 0 Å². The smallest absolute Gasteiger partial charge is 0.169 e. The summed E-state index contributed by atoms with van der Waals surface area (Å²) in [5, 5.41) is 21.8. The number of ether oxygens (including phenoxy) is 2. The molecule has 2 aromatic rings. The molecular formula is C21H26F2NO4. The summed E-state index contributed by atoms with van der Waals surface area (Å²) in [6.07, 6.45) is -0.659. The molecule has 28 heavy (non-hydrogen) atoms. The Bertz CT molecular complexity index is 727. The number of hydrogen-bond acceptors (Lipinski definition) is 4. The monoisotopic (exact) mass is 394 g/mol. The molecule has 0 saturated heterocycles. The van der Waals surface area contributed by atoms with Crippen LogP contribution in [0.3, 0.4) is 0 Å². The van der Waals surface area contributed by atoms with Crippen LogP contribution in [-0.4, -0.2) is 56.8 Å². The van der Waals surface area contributed by atoms with Gasteiger partial charge in [0, 0.05) is 38.3 Å². The average Bonchev–Trinajstić information content (AvgIpc) is 2.71. The molecule has 0 amide bonds. The number of aliphatic hydroxyl groups excluding tert-OH is 1.